The van der Waals surface area contributed by atoms with Gasteiger partial charge in [0.15, 0.2) is 0 Å². The van der Waals surface area contributed by atoms with Gasteiger partial charge in [-0.1, -0.05) is 49.8 Å². The van der Waals surface area contributed by atoms with Gasteiger partial charge in [-0.15, -0.1) is 0 Å². The summed E-state index contributed by atoms with van der Waals surface area (Å²) < 4.78 is 28.3. The molecular weight excluding hydrogens is 266 g/mol. The van der Waals surface area contributed by atoms with Crippen LogP contribution in [0, 0.1) is 5.92 Å². The topological polar surface area (TPSA) is 0 Å². The lowest BCUT2D eigenvalue weighted by molar-refractivity contribution is 0.615. The molecular formula is C19H24F2. The third-order valence-electron chi connectivity index (χ3n) is 3.22. The maximum Gasteiger partial charge on any atom is 0.133 e. The van der Waals surface area contributed by atoms with Crippen molar-refractivity contribution < 1.29 is 8.78 Å². The molecule has 0 amide bonds. The lowest BCUT2D eigenvalue weighted by Crippen LogP contribution is -1.92. The standard InChI is InChI=1S/C19H24F2/c1-6-16(9-7-14(4)11-13(2)3)19-17(20)10-8-15(5)12-18(19)21/h6-7,9-10,12-13H,4,8,11H2,1-3,5H3/b9-7-,16-6+. The van der Waals surface area contributed by atoms with E-state index in [9.17, 15) is 8.78 Å². The van der Waals surface area contributed by atoms with E-state index in [-0.39, 0.29) is 5.57 Å². The Balaban J connectivity index is 3.07. The van der Waals surface area contributed by atoms with E-state index in [4.69, 9.17) is 0 Å². The van der Waals surface area contributed by atoms with Crippen molar-refractivity contribution in [2.45, 2.75) is 40.5 Å². The highest BCUT2D eigenvalue weighted by atomic mass is 19.1. The van der Waals surface area contributed by atoms with Gasteiger partial charge in [0.2, 0.25) is 0 Å². The van der Waals surface area contributed by atoms with Crippen LogP contribution in [0.4, 0.5) is 8.78 Å². The van der Waals surface area contributed by atoms with Gasteiger partial charge in [0.05, 0.1) is 5.57 Å². The average molecular weight is 290 g/mol. The molecule has 1 aliphatic rings. The quantitative estimate of drug-likeness (QED) is 0.506. The van der Waals surface area contributed by atoms with Crippen molar-refractivity contribution in [2.75, 3.05) is 0 Å². The zero-order valence-corrected chi connectivity index (χ0v) is 13.3. The second-order valence-electron chi connectivity index (χ2n) is 5.80. The zero-order valence-electron chi connectivity index (χ0n) is 13.3. The lowest BCUT2D eigenvalue weighted by atomic mass is 9.99. The molecule has 0 aliphatic heterocycles. The van der Waals surface area contributed by atoms with Crippen LogP contribution in [0.1, 0.15) is 40.5 Å². The monoisotopic (exact) mass is 290 g/mol. The Morgan fingerprint density at radius 3 is 2.57 bits per heavy atom. The highest BCUT2D eigenvalue weighted by Gasteiger charge is 2.16. The van der Waals surface area contributed by atoms with Crippen molar-refractivity contribution >= 4 is 0 Å². The first-order valence-electron chi connectivity index (χ1n) is 7.30. The number of hydrogen-bond acceptors (Lipinski definition) is 0. The Morgan fingerprint density at radius 2 is 2.00 bits per heavy atom. The predicted octanol–water partition coefficient (Wildman–Crippen LogP) is 6.52. The van der Waals surface area contributed by atoms with Gasteiger partial charge in [-0.05, 0) is 50.3 Å². The SMILES string of the molecule is C=C(/C=C\C(=C/C)C1=C(F)C=C(C)CC=C1F)CC(C)C. The second kappa shape index (κ2) is 7.92. The fourth-order valence-corrected chi connectivity index (χ4v) is 2.21. The van der Waals surface area contributed by atoms with Crippen molar-refractivity contribution in [3.8, 4) is 0 Å². The predicted molar refractivity (Wildman–Crippen MR) is 87.2 cm³/mol. The van der Waals surface area contributed by atoms with Crippen molar-refractivity contribution in [3.05, 3.63) is 70.9 Å². The second-order valence-corrected chi connectivity index (χ2v) is 5.80. The minimum Gasteiger partial charge on any atom is -0.207 e. The van der Waals surface area contributed by atoms with Crippen LogP contribution in [0.3, 0.4) is 0 Å². The zero-order chi connectivity index (χ0) is 16.0. The summed E-state index contributed by atoms with van der Waals surface area (Å²) in [5, 5.41) is 0. The van der Waals surface area contributed by atoms with Crippen LogP contribution in [-0.2, 0) is 0 Å². The molecule has 0 nitrogen and oxygen atoms in total. The summed E-state index contributed by atoms with van der Waals surface area (Å²) in [5.74, 6) is -0.522. The first-order chi connectivity index (χ1) is 9.85. The molecule has 0 aromatic carbocycles. The molecule has 21 heavy (non-hydrogen) atoms. The van der Waals surface area contributed by atoms with Crippen molar-refractivity contribution in [1.29, 1.82) is 0 Å². The Bertz CT molecular complexity index is 552. The van der Waals surface area contributed by atoms with E-state index >= 15 is 0 Å². The van der Waals surface area contributed by atoms with Gasteiger partial charge in [0, 0.05) is 0 Å². The third kappa shape index (κ3) is 5.30. The Kier molecular flexibility index (Phi) is 6.54. The van der Waals surface area contributed by atoms with Gasteiger partial charge < -0.3 is 0 Å². The summed E-state index contributed by atoms with van der Waals surface area (Å²) in [7, 11) is 0. The van der Waals surface area contributed by atoms with Crippen LogP contribution in [0.25, 0.3) is 0 Å². The van der Waals surface area contributed by atoms with Crippen molar-refractivity contribution in [2.24, 2.45) is 5.92 Å². The van der Waals surface area contributed by atoms with Gasteiger partial charge in [0.1, 0.15) is 11.7 Å². The minimum absolute atomic E-state index is 0.0305. The molecule has 0 N–H and O–H groups in total. The minimum atomic E-state index is -0.522. The van der Waals surface area contributed by atoms with E-state index in [1.807, 2.05) is 6.08 Å². The number of hydrogen-bond donors (Lipinski definition) is 0. The number of halogens is 2. The van der Waals surface area contributed by atoms with Gasteiger partial charge in [0.25, 0.3) is 0 Å². The first-order valence-corrected chi connectivity index (χ1v) is 7.30. The molecule has 0 saturated heterocycles. The van der Waals surface area contributed by atoms with Crippen LogP contribution >= 0.6 is 0 Å². The Morgan fingerprint density at radius 1 is 1.33 bits per heavy atom. The first kappa shape index (κ1) is 17.4. The molecule has 0 aromatic heterocycles. The molecule has 0 heterocycles. The largest absolute Gasteiger partial charge is 0.207 e. The summed E-state index contributed by atoms with van der Waals surface area (Å²) >= 11 is 0. The summed E-state index contributed by atoms with van der Waals surface area (Å²) in [5.41, 5.74) is 2.33. The normalized spacial score (nSPS) is 17.2. The van der Waals surface area contributed by atoms with E-state index in [1.54, 1.807) is 26.0 Å². The molecule has 0 radical (unpaired) electrons. The molecule has 0 aromatic rings. The van der Waals surface area contributed by atoms with Crippen LogP contribution in [0.5, 0.6) is 0 Å². The Hall–Kier alpha value is -1.70. The smallest absolute Gasteiger partial charge is 0.133 e. The molecule has 0 fully saturated rings. The van der Waals surface area contributed by atoms with E-state index in [0.717, 1.165) is 17.6 Å². The molecule has 0 spiro atoms. The van der Waals surface area contributed by atoms with Crippen LogP contribution in [-0.4, -0.2) is 0 Å². The van der Waals surface area contributed by atoms with Crippen LogP contribution in [0.2, 0.25) is 0 Å². The maximum atomic E-state index is 14.2. The fourth-order valence-electron chi connectivity index (χ4n) is 2.21. The number of allylic oxidation sites excluding steroid dienone is 11. The molecule has 114 valence electrons. The molecule has 2 heteroatoms. The summed E-state index contributed by atoms with van der Waals surface area (Å²) in [6.45, 7) is 11.8. The van der Waals surface area contributed by atoms with E-state index in [1.165, 1.54) is 12.2 Å². The Labute approximate surface area is 126 Å². The van der Waals surface area contributed by atoms with Crippen molar-refractivity contribution in [3.63, 3.8) is 0 Å². The van der Waals surface area contributed by atoms with Gasteiger partial charge in [-0.2, -0.15) is 0 Å². The van der Waals surface area contributed by atoms with Gasteiger partial charge in [-0.3, -0.25) is 0 Å². The van der Waals surface area contributed by atoms with Gasteiger partial charge in [-0.25, -0.2) is 8.78 Å². The molecule has 0 saturated carbocycles. The molecule has 0 bridgehead atoms. The van der Waals surface area contributed by atoms with Crippen molar-refractivity contribution in [1.82, 2.24) is 0 Å². The summed E-state index contributed by atoms with van der Waals surface area (Å²) in [4.78, 5) is 0. The highest BCUT2D eigenvalue weighted by Crippen LogP contribution is 2.31. The summed E-state index contributed by atoms with van der Waals surface area (Å²) in [6.07, 6.45) is 9.42. The van der Waals surface area contributed by atoms with E-state index in [2.05, 4.69) is 20.4 Å². The van der Waals surface area contributed by atoms with E-state index in [0.29, 0.717) is 17.9 Å². The molecule has 0 unspecified atom stereocenters. The van der Waals surface area contributed by atoms with Crippen LogP contribution in [0.15, 0.2) is 70.9 Å². The molecule has 1 aliphatic carbocycles. The molecule has 0 atom stereocenters. The fraction of sp³-hybridized carbons (Fsp3) is 0.368. The van der Waals surface area contributed by atoms with Gasteiger partial charge >= 0.3 is 0 Å². The molecule has 1 rings (SSSR count). The summed E-state index contributed by atoms with van der Waals surface area (Å²) in [6, 6.07) is 0. The average Bonchev–Trinajstić information content (AvgIpc) is 2.50. The van der Waals surface area contributed by atoms with Crippen LogP contribution < -0.4 is 0 Å². The van der Waals surface area contributed by atoms with E-state index < -0.39 is 11.7 Å². The maximum absolute atomic E-state index is 14.2. The third-order valence-corrected chi connectivity index (χ3v) is 3.22. The lowest BCUT2D eigenvalue weighted by Gasteiger charge is -2.08. The highest BCUT2D eigenvalue weighted by molar-refractivity contribution is 5.55. The number of rotatable bonds is 5.